The van der Waals surface area contributed by atoms with Crippen LogP contribution in [0, 0.1) is 0 Å². The van der Waals surface area contributed by atoms with Crippen molar-refractivity contribution in [2.45, 2.75) is 6.61 Å². The summed E-state index contributed by atoms with van der Waals surface area (Å²) in [5.74, 6) is 0. The molecular formula is C17H16O3. The van der Waals surface area contributed by atoms with Crippen molar-refractivity contribution in [2.75, 3.05) is 6.61 Å². The largest absolute Gasteiger partial charge is 0.508 e. The van der Waals surface area contributed by atoms with Crippen LogP contribution in [0.4, 0.5) is 4.79 Å². The summed E-state index contributed by atoms with van der Waals surface area (Å²) in [6.45, 7) is 0.421. The Bertz CT molecular complexity index is 547. The van der Waals surface area contributed by atoms with Crippen molar-refractivity contribution < 1.29 is 14.3 Å². The van der Waals surface area contributed by atoms with E-state index in [0.717, 1.165) is 11.1 Å². The molecule has 0 N–H and O–H groups in total. The summed E-state index contributed by atoms with van der Waals surface area (Å²) in [5.41, 5.74) is 2.00. The van der Waals surface area contributed by atoms with Gasteiger partial charge >= 0.3 is 6.16 Å². The van der Waals surface area contributed by atoms with Crippen LogP contribution in [-0.4, -0.2) is 12.8 Å². The molecule has 3 heteroatoms. The molecule has 0 aromatic heterocycles. The summed E-state index contributed by atoms with van der Waals surface area (Å²) < 4.78 is 9.92. The molecule has 0 atom stereocenters. The molecule has 3 nitrogen and oxygen atoms in total. The van der Waals surface area contributed by atoms with Crippen LogP contribution < -0.4 is 0 Å². The first-order valence-corrected chi connectivity index (χ1v) is 6.39. The Balaban J connectivity index is 1.67. The van der Waals surface area contributed by atoms with Crippen LogP contribution in [0.3, 0.4) is 0 Å². The summed E-state index contributed by atoms with van der Waals surface area (Å²) in [4.78, 5) is 11.3. The van der Waals surface area contributed by atoms with Gasteiger partial charge in [0.2, 0.25) is 0 Å². The molecule has 0 fully saturated rings. The summed E-state index contributed by atoms with van der Waals surface area (Å²) >= 11 is 0. The molecule has 0 amide bonds. The average molecular weight is 268 g/mol. The zero-order valence-electron chi connectivity index (χ0n) is 11.1. The minimum Gasteiger partial charge on any atom is -0.430 e. The van der Waals surface area contributed by atoms with Crippen LogP contribution in [-0.2, 0) is 16.1 Å². The number of ether oxygens (including phenoxy) is 2. The first-order valence-electron chi connectivity index (χ1n) is 6.39. The van der Waals surface area contributed by atoms with Gasteiger partial charge in [0.25, 0.3) is 0 Å². The van der Waals surface area contributed by atoms with Crippen molar-refractivity contribution >= 4 is 12.2 Å². The van der Waals surface area contributed by atoms with Gasteiger partial charge in [-0.05, 0) is 17.2 Å². The second-order valence-corrected chi connectivity index (χ2v) is 4.15. The number of hydrogen-bond donors (Lipinski definition) is 0. The third-order valence-corrected chi connectivity index (χ3v) is 2.61. The van der Waals surface area contributed by atoms with Gasteiger partial charge in [-0.2, -0.15) is 0 Å². The lowest BCUT2D eigenvalue weighted by Crippen LogP contribution is -2.07. The molecule has 0 aliphatic rings. The molecule has 2 aromatic carbocycles. The Labute approximate surface area is 118 Å². The molecule has 0 saturated carbocycles. The Morgan fingerprint density at radius 2 is 1.55 bits per heavy atom. The maximum absolute atomic E-state index is 11.3. The number of rotatable bonds is 5. The summed E-state index contributed by atoms with van der Waals surface area (Å²) in [6.07, 6.45) is 3.01. The minimum atomic E-state index is -0.661. The van der Waals surface area contributed by atoms with Crippen molar-refractivity contribution in [1.29, 1.82) is 0 Å². The molecule has 2 aromatic rings. The van der Waals surface area contributed by atoms with Gasteiger partial charge < -0.3 is 9.47 Å². The van der Waals surface area contributed by atoms with E-state index in [1.165, 1.54) is 0 Å². The smallest absolute Gasteiger partial charge is 0.430 e. The second-order valence-electron chi connectivity index (χ2n) is 4.15. The van der Waals surface area contributed by atoms with Crippen LogP contribution >= 0.6 is 0 Å². The van der Waals surface area contributed by atoms with Crippen molar-refractivity contribution in [2.24, 2.45) is 0 Å². The summed E-state index contributed by atoms with van der Waals surface area (Å²) in [7, 11) is 0. The van der Waals surface area contributed by atoms with Gasteiger partial charge in [0, 0.05) is 0 Å². The Morgan fingerprint density at radius 3 is 2.25 bits per heavy atom. The number of carbonyl (C=O) groups is 1. The predicted molar refractivity (Wildman–Crippen MR) is 78.1 cm³/mol. The number of carbonyl (C=O) groups excluding carboxylic acids is 1. The topological polar surface area (TPSA) is 35.5 Å². The highest BCUT2D eigenvalue weighted by molar-refractivity contribution is 5.60. The highest BCUT2D eigenvalue weighted by atomic mass is 16.7. The van der Waals surface area contributed by atoms with Crippen molar-refractivity contribution in [1.82, 2.24) is 0 Å². The maximum atomic E-state index is 11.3. The molecule has 102 valence electrons. The lowest BCUT2D eigenvalue weighted by atomic mass is 10.2. The molecule has 0 spiro atoms. The number of hydrogen-bond acceptors (Lipinski definition) is 3. The fraction of sp³-hybridized carbons (Fsp3) is 0.118. The van der Waals surface area contributed by atoms with Crippen molar-refractivity contribution in [3.05, 3.63) is 77.9 Å². The fourth-order valence-electron chi connectivity index (χ4n) is 1.62. The lowest BCUT2D eigenvalue weighted by Gasteiger charge is -2.04. The van der Waals surface area contributed by atoms with Crippen molar-refractivity contribution in [3.8, 4) is 0 Å². The highest BCUT2D eigenvalue weighted by Gasteiger charge is 2.02. The zero-order valence-corrected chi connectivity index (χ0v) is 11.1. The van der Waals surface area contributed by atoms with E-state index in [4.69, 9.17) is 9.47 Å². The van der Waals surface area contributed by atoms with E-state index in [2.05, 4.69) is 0 Å². The second kappa shape index (κ2) is 7.79. The summed E-state index contributed by atoms with van der Waals surface area (Å²) in [6, 6.07) is 19.3. The quantitative estimate of drug-likeness (QED) is 0.767. The molecule has 0 unspecified atom stereocenters. The standard InChI is InChI=1S/C17H16O3/c18-17(20-14-16-10-5-2-6-11-16)19-13-7-12-15-8-3-1-4-9-15/h1-12H,13-14H2. The third-order valence-electron chi connectivity index (χ3n) is 2.61. The third kappa shape index (κ3) is 4.98. The molecular weight excluding hydrogens is 252 g/mol. The lowest BCUT2D eigenvalue weighted by molar-refractivity contribution is 0.0577. The van der Waals surface area contributed by atoms with Gasteiger partial charge in [-0.3, -0.25) is 0 Å². The van der Waals surface area contributed by atoms with Gasteiger partial charge in [0.15, 0.2) is 0 Å². The van der Waals surface area contributed by atoms with E-state index in [1.54, 1.807) is 6.08 Å². The van der Waals surface area contributed by atoms with Gasteiger partial charge in [-0.15, -0.1) is 0 Å². The molecule has 0 bridgehead atoms. The monoisotopic (exact) mass is 268 g/mol. The van der Waals surface area contributed by atoms with E-state index in [0.29, 0.717) is 0 Å². The van der Waals surface area contributed by atoms with Gasteiger partial charge in [0.1, 0.15) is 13.2 Å². The predicted octanol–water partition coefficient (Wildman–Crippen LogP) is 4.05. The first-order chi connectivity index (χ1) is 9.84. The van der Waals surface area contributed by atoms with Crippen LogP contribution in [0.15, 0.2) is 66.7 Å². The first kappa shape index (κ1) is 13.9. The molecule has 2 rings (SSSR count). The van der Waals surface area contributed by atoms with E-state index in [1.807, 2.05) is 66.7 Å². The van der Waals surface area contributed by atoms with Crippen LogP contribution in [0.5, 0.6) is 0 Å². The molecule has 0 aliphatic heterocycles. The maximum Gasteiger partial charge on any atom is 0.508 e. The number of benzene rings is 2. The molecule has 0 heterocycles. The zero-order chi connectivity index (χ0) is 14.0. The molecule has 0 radical (unpaired) electrons. The Hall–Kier alpha value is -2.55. The van der Waals surface area contributed by atoms with Crippen LogP contribution in [0.1, 0.15) is 11.1 Å². The normalized spacial score (nSPS) is 10.4. The molecule has 0 saturated heterocycles. The van der Waals surface area contributed by atoms with Crippen LogP contribution in [0.2, 0.25) is 0 Å². The van der Waals surface area contributed by atoms with Gasteiger partial charge in [-0.1, -0.05) is 66.7 Å². The van der Waals surface area contributed by atoms with Gasteiger partial charge in [-0.25, -0.2) is 4.79 Å². The summed E-state index contributed by atoms with van der Waals surface area (Å²) in [5, 5.41) is 0. The van der Waals surface area contributed by atoms with Crippen LogP contribution in [0.25, 0.3) is 6.08 Å². The Morgan fingerprint density at radius 1 is 0.900 bits per heavy atom. The fourth-order valence-corrected chi connectivity index (χ4v) is 1.62. The van der Waals surface area contributed by atoms with Crippen molar-refractivity contribution in [3.63, 3.8) is 0 Å². The van der Waals surface area contributed by atoms with E-state index in [9.17, 15) is 4.79 Å². The van der Waals surface area contributed by atoms with E-state index < -0.39 is 6.16 Å². The van der Waals surface area contributed by atoms with Gasteiger partial charge in [0.05, 0.1) is 0 Å². The Kier molecular flexibility index (Phi) is 5.40. The molecule has 20 heavy (non-hydrogen) atoms. The van der Waals surface area contributed by atoms with E-state index in [-0.39, 0.29) is 13.2 Å². The molecule has 0 aliphatic carbocycles. The highest BCUT2D eigenvalue weighted by Crippen LogP contribution is 2.03. The van der Waals surface area contributed by atoms with E-state index >= 15 is 0 Å². The minimum absolute atomic E-state index is 0.197. The average Bonchev–Trinajstić information content (AvgIpc) is 2.52. The SMILES string of the molecule is O=C(OCC=Cc1ccccc1)OCc1ccccc1.